The van der Waals surface area contributed by atoms with Crippen LogP contribution in [-0.4, -0.2) is 4.98 Å². The zero-order valence-corrected chi connectivity index (χ0v) is 11.7. The molecule has 0 amide bonds. The highest BCUT2D eigenvalue weighted by Gasteiger charge is 2.20. The van der Waals surface area contributed by atoms with Gasteiger partial charge >= 0.3 is 0 Å². The van der Waals surface area contributed by atoms with Crippen molar-refractivity contribution in [3.63, 3.8) is 0 Å². The Kier molecular flexibility index (Phi) is 3.18. The lowest BCUT2D eigenvalue weighted by Crippen LogP contribution is -1.89. The standard InChI is InChI=1S/C14H8ClN3OS/c15-11-2-1-9(19-11)14-12(8-3-5-18-6-4-8)13(17)10(7-16)20-14/h1-6H,17H2. The van der Waals surface area contributed by atoms with Gasteiger partial charge in [-0.05, 0) is 41.4 Å². The topological polar surface area (TPSA) is 75.8 Å². The fraction of sp³-hybridized carbons (Fsp3) is 0. The number of nitrogens with two attached hydrogens (primary N) is 1. The fourth-order valence-corrected chi connectivity index (χ4v) is 3.09. The van der Waals surface area contributed by atoms with Gasteiger partial charge in [-0.15, -0.1) is 11.3 Å². The van der Waals surface area contributed by atoms with Crippen LogP contribution in [0.5, 0.6) is 0 Å². The van der Waals surface area contributed by atoms with Gasteiger partial charge in [-0.1, -0.05) is 0 Å². The van der Waals surface area contributed by atoms with E-state index in [1.165, 1.54) is 11.3 Å². The Hall–Kier alpha value is -2.29. The van der Waals surface area contributed by atoms with Crippen molar-refractivity contribution >= 4 is 28.6 Å². The second-order valence-corrected chi connectivity index (χ2v) is 5.39. The Morgan fingerprint density at radius 1 is 1.25 bits per heavy atom. The maximum absolute atomic E-state index is 9.17. The van der Waals surface area contributed by atoms with Crippen molar-refractivity contribution in [1.82, 2.24) is 4.98 Å². The molecule has 0 fully saturated rings. The number of nitrogen functional groups attached to an aromatic ring is 1. The largest absolute Gasteiger partial charge is 0.444 e. The van der Waals surface area contributed by atoms with Crippen molar-refractivity contribution in [2.75, 3.05) is 5.73 Å². The maximum Gasteiger partial charge on any atom is 0.193 e. The Morgan fingerprint density at radius 3 is 2.60 bits per heavy atom. The van der Waals surface area contributed by atoms with Crippen LogP contribution in [0.15, 0.2) is 41.1 Å². The van der Waals surface area contributed by atoms with E-state index in [1.54, 1.807) is 24.5 Å². The minimum absolute atomic E-state index is 0.297. The third kappa shape index (κ3) is 2.05. The number of furan rings is 1. The van der Waals surface area contributed by atoms with E-state index in [9.17, 15) is 0 Å². The maximum atomic E-state index is 9.17. The number of nitrogens with zero attached hydrogens (tertiary/aromatic N) is 2. The van der Waals surface area contributed by atoms with Crippen molar-refractivity contribution < 1.29 is 4.42 Å². The summed E-state index contributed by atoms with van der Waals surface area (Å²) >= 11 is 7.11. The monoisotopic (exact) mass is 301 g/mol. The number of nitriles is 1. The van der Waals surface area contributed by atoms with Gasteiger partial charge in [0.1, 0.15) is 16.7 Å². The molecule has 0 aliphatic rings. The molecule has 3 heterocycles. The molecule has 4 nitrogen and oxygen atoms in total. The van der Waals surface area contributed by atoms with Gasteiger partial charge in [0.05, 0.1) is 10.6 Å². The van der Waals surface area contributed by atoms with Gasteiger partial charge in [-0.25, -0.2) is 0 Å². The van der Waals surface area contributed by atoms with E-state index in [0.717, 1.165) is 16.0 Å². The van der Waals surface area contributed by atoms with E-state index in [1.807, 2.05) is 12.1 Å². The number of hydrogen-bond acceptors (Lipinski definition) is 5. The van der Waals surface area contributed by atoms with Crippen molar-refractivity contribution in [2.24, 2.45) is 0 Å². The third-order valence-electron chi connectivity index (χ3n) is 2.81. The number of hydrogen-bond donors (Lipinski definition) is 1. The van der Waals surface area contributed by atoms with Gasteiger partial charge in [0.2, 0.25) is 0 Å². The summed E-state index contributed by atoms with van der Waals surface area (Å²) in [6.07, 6.45) is 3.36. The fourth-order valence-electron chi connectivity index (χ4n) is 1.94. The smallest absolute Gasteiger partial charge is 0.193 e. The van der Waals surface area contributed by atoms with E-state index >= 15 is 0 Å². The molecule has 0 radical (unpaired) electrons. The third-order valence-corrected chi connectivity index (χ3v) is 4.14. The number of pyridine rings is 1. The second kappa shape index (κ2) is 5.00. The average molecular weight is 302 g/mol. The van der Waals surface area contributed by atoms with E-state index in [-0.39, 0.29) is 0 Å². The highest BCUT2D eigenvalue weighted by atomic mass is 35.5. The number of halogens is 1. The molecule has 0 saturated carbocycles. The zero-order chi connectivity index (χ0) is 14.1. The molecule has 0 spiro atoms. The van der Waals surface area contributed by atoms with Crippen LogP contribution in [0.3, 0.4) is 0 Å². The van der Waals surface area contributed by atoms with Crippen LogP contribution in [0.25, 0.3) is 21.8 Å². The first-order valence-corrected chi connectivity index (χ1v) is 6.88. The molecule has 0 aliphatic carbocycles. The van der Waals surface area contributed by atoms with E-state index < -0.39 is 0 Å². The highest BCUT2D eigenvalue weighted by molar-refractivity contribution is 7.17. The van der Waals surface area contributed by atoms with Gasteiger partial charge in [0.15, 0.2) is 5.22 Å². The Bertz CT molecular complexity index is 802. The lowest BCUT2D eigenvalue weighted by molar-refractivity contribution is 0.586. The number of aromatic nitrogens is 1. The van der Waals surface area contributed by atoms with Gasteiger partial charge in [-0.3, -0.25) is 4.98 Å². The molecule has 0 bridgehead atoms. The number of rotatable bonds is 2. The molecule has 0 saturated heterocycles. The lowest BCUT2D eigenvalue weighted by Gasteiger charge is -2.03. The van der Waals surface area contributed by atoms with Gasteiger partial charge < -0.3 is 10.2 Å². The van der Waals surface area contributed by atoms with Crippen LogP contribution in [0.2, 0.25) is 5.22 Å². The van der Waals surface area contributed by atoms with Crippen LogP contribution in [0, 0.1) is 11.3 Å². The average Bonchev–Trinajstić information content (AvgIpc) is 3.03. The van der Waals surface area contributed by atoms with Gasteiger partial charge in [0, 0.05) is 18.0 Å². The number of thiophene rings is 1. The quantitative estimate of drug-likeness (QED) is 0.770. The predicted molar refractivity (Wildman–Crippen MR) is 79.4 cm³/mol. The molecule has 0 atom stereocenters. The molecule has 98 valence electrons. The molecular weight excluding hydrogens is 294 g/mol. The summed E-state index contributed by atoms with van der Waals surface area (Å²) in [7, 11) is 0. The Morgan fingerprint density at radius 2 is 2.00 bits per heavy atom. The van der Waals surface area contributed by atoms with Crippen molar-refractivity contribution in [2.45, 2.75) is 0 Å². The summed E-state index contributed by atoms with van der Waals surface area (Å²) in [5.74, 6) is 0.597. The molecule has 0 aliphatic heterocycles. The summed E-state index contributed by atoms with van der Waals surface area (Å²) in [4.78, 5) is 5.23. The van der Waals surface area contributed by atoms with Crippen molar-refractivity contribution in [3.05, 3.63) is 46.8 Å². The Labute approximate surface area is 124 Å². The molecule has 20 heavy (non-hydrogen) atoms. The van der Waals surface area contributed by atoms with Crippen molar-refractivity contribution in [3.8, 4) is 27.8 Å². The van der Waals surface area contributed by atoms with Crippen molar-refractivity contribution in [1.29, 1.82) is 5.26 Å². The first-order valence-electron chi connectivity index (χ1n) is 5.69. The normalized spacial score (nSPS) is 10.4. The predicted octanol–water partition coefficient (Wildman–Crippen LogP) is 4.18. The summed E-state index contributed by atoms with van der Waals surface area (Å²) in [5, 5.41) is 9.46. The second-order valence-electron chi connectivity index (χ2n) is 4.00. The molecule has 3 aromatic heterocycles. The van der Waals surface area contributed by atoms with Crippen LogP contribution in [-0.2, 0) is 0 Å². The molecule has 0 aromatic carbocycles. The molecule has 0 unspecified atom stereocenters. The minimum Gasteiger partial charge on any atom is -0.444 e. The summed E-state index contributed by atoms with van der Waals surface area (Å²) in [6.45, 7) is 0. The van der Waals surface area contributed by atoms with E-state index in [0.29, 0.717) is 21.5 Å². The van der Waals surface area contributed by atoms with Crippen LogP contribution >= 0.6 is 22.9 Å². The summed E-state index contributed by atoms with van der Waals surface area (Å²) < 4.78 is 5.44. The molecule has 2 N–H and O–H groups in total. The Balaban J connectivity index is 2.28. The molecule has 3 aromatic rings. The minimum atomic E-state index is 0.297. The molecular formula is C14H8ClN3OS. The van der Waals surface area contributed by atoms with E-state index in [2.05, 4.69) is 11.1 Å². The SMILES string of the molecule is N#Cc1sc(-c2ccc(Cl)o2)c(-c2ccncc2)c1N. The zero-order valence-electron chi connectivity index (χ0n) is 10.1. The number of anilines is 1. The first-order chi connectivity index (χ1) is 9.70. The highest BCUT2D eigenvalue weighted by Crippen LogP contribution is 2.45. The molecule has 3 rings (SSSR count). The van der Waals surface area contributed by atoms with Crippen LogP contribution in [0.1, 0.15) is 4.88 Å². The summed E-state index contributed by atoms with van der Waals surface area (Å²) in [5.41, 5.74) is 8.20. The summed E-state index contributed by atoms with van der Waals surface area (Å²) in [6, 6.07) is 9.21. The lowest BCUT2D eigenvalue weighted by atomic mass is 10.0. The first kappa shape index (κ1) is 12.7. The van der Waals surface area contributed by atoms with Gasteiger partial charge in [0.25, 0.3) is 0 Å². The van der Waals surface area contributed by atoms with Gasteiger partial charge in [-0.2, -0.15) is 5.26 Å². The molecule has 6 heteroatoms. The van der Waals surface area contributed by atoms with Crippen LogP contribution in [0.4, 0.5) is 5.69 Å². The van der Waals surface area contributed by atoms with E-state index in [4.69, 9.17) is 27.0 Å². The van der Waals surface area contributed by atoms with Crippen LogP contribution < -0.4 is 5.73 Å².